The maximum atomic E-state index is 10.3. The molecule has 0 atom stereocenters. The smallest absolute Gasteiger partial charge is 0.274 e. The molecule has 0 saturated carbocycles. The van der Waals surface area contributed by atoms with Gasteiger partial charge < -0.3 is 0 Å². The van der Waals surface area contributed by atoms with E-state index in [1.807, 2.05) is 0 Å². The van der Waals surface area contributed by atoms with Crippen molar-refractivity contribution >= 4 is 11.9 Å². The van der Waals surface area contributed by atoms with Crippen molar-refractivity contribution in [2.45, 2.75) is 6.92 Å². The topological polar surface area (TPSA) is 57.3 Å². The summed E-state index contributed by atoms with van der Waals surface area (Å²) in [7, 11) is 0. The van der Waals surface area contributed by atoms with E-state index >= 15 is 0 Å². The summed E-state index contributed by atoms with van der Waals surface area (Å²) in [4.78, 5) is 13.8. The van der Waals surface area contributed by atoms with Crippen LogP contribution in [0.15, 0.2) is 0 Å². The summed E-state index contributed by atoms with van der Waals surface area (Å²) in [5.41, 5.74) is 0. The Labute approximate surface area is 47.0 Å². The fraction of sp³-hybridized carbons (Fsp3) is 0.500. The quantitative estimate of drug-likeness (QED) is 0.438. The van der Waals surface area contributed by atoms with Gasteiger partial charge in [0.05, 0.1) is 0 Å². The van der Waals surface area contributed by atoms with E-state index in [1.165, 1.54) is 0 Å². The highest BCUT2D eigenvalue weighted by Crippen LogP contribution is 1.71. The molecule has 0 unspecified atom stereocenters. The Balaban J connectivity index is 2.64. The second-order valence-electron chi connectivity index (χ2n) is 1.47. The highest BCUT2D eigenvalue weighted by molar-refractivity contribution is 5.91. The molecule has 1 N–H and O–H groups in total. The van der Waals surface area contributed by atoms with Gasteiger partial charge in [-0.2, -0.15) is 0 Å². The van der Waals surface area contributed by atoms with Gasteiger partial charge >= 0.3 is 6.03 Å². The standard InChI is InChI=1S/C4H6N3O/c1-3-5-2-6-4(8)7-3/h5H,2H2,1H3/q+1. The number of amidine groups is 1. The van der Waals surface area contributed by atoms with Crippen LogP contribution in [0.5, 0.6) is 0 Å². The monoisotopic (exact) mass is 112 g/mol. The van der Waals surface area contributed by atoms with Gasteiger partial charge in [-0.3, -0.25) is 5.32 Å². The molecule has 0 aromatic rings. The van der Waals surface area contributed by atoms with Crippen LogP contribution in [0.1, 0.15) is 6.92 Å². The molecular weight excluding hydrogens is 106 g/mol. The van der Waals surface area contributed by atoms with Crippen LogP contribution in [-0.2, 0) is 0 Å². The van der Waals surface area contributed by atoms with Crippen LogP contribution < -0.4 is 15.6 Å². The predicted octanol–water partition coefficient (Wildman–Crippen LogP) is -0.974. The SMILES string of the molecule is CC1=[N+]C(=O)[N]CN1. The average Bonchev–Trinajstić information content (AvgIpc) is 1.64. The van der Waals surface area contributed by atoms with E-state index < -0.39 is 0 Å². The number of carbonyl (C=O) groups is 1. The number of aliphatic imine (C=N–C) groups is 1. The van der Waals surface area contributed by atoms with Crippen molar-refractivity contribution in [1.82, 2.24) is 15.6 Å². The Morgan fingerprint density at radius 1 is 1.88 bits per heavy atom. The van der Waals surface area contributed by atoms with Gasteiger partial charge in [-0.15, -0.1) is 0 Å². The zero-order chi connectivity index (χ0) is 5.98. The number of urea groups is 1. The first-order valence-electron chi connectivity index (χ1n) is 2.29. The molecule has 1 rings (SSSR count). The number of amides is 2. The largest absolute Gasteiger partial charge is 0.508 e. The Bertz CT molecular complexity index is 140. The molecule has 2 amide bonds. The number of hydrogen-bond donors (Lipinski definition) is 1. The second kappa shape index (κ2) is 1.81. The Kier molecular flexibility index (Phi) is 1.15. The summed E-state index contributed by atoms with van der Waals surface area (Å²) in [5.74, 6) is 0.644. The van der Waals surface area contributed by atoms with Crippen LogP contribution in [0.25, 0.3) is 0 Å². The summed E-state index contributed by atoms with van der Waals surface area (Å²) in [5, 5.41) is 6.22. The van der Waals surface area contributed by atoms with Crippen molar-refractivity contribution in [2.75, 3.05) is 6.67 Å². The van der Waals surface area contributed by atoms with E-state index in [9.17, 15) is 4.79 Å². The highest BCUT2D eigenvalue weighted by atomic mass is 16.2. The van der Waals surface area contributed by atoms with Gasteiger partial charge in [0.1, 0.15) is 0 Å². The lowest BCUT2D eigenvalue weighted by Gasteiger charge is -1.96. The summed E-state index contributed by atoms with van der Waals surface area (Å²) in [6.45, 7) is 2.10. The molecule has 0 aliphatic carbocycles. The molecule has 0 aromatic carbocycles. The Morgan fingerprint density at radius 2 is 2.62 bits per heavy atom. The number of carbonyl (C=O) groups excluding carboxylic acids is 1. The first kappa shape index (κ1) is 5.08. The van der Waals surface area contributed by atoms with Gasteiger partial charge in [0, 0.05) is 6.92 Å². The molecule has 0 spiro atoms. The van der Waals surface area contributed by atoms with E-state index in [0.717, 1.165) is 0 Å². The van der Waals surface area contributed by atoms with Crippen LogP contribution in [-0.4, -0.2) is 18.5 Å². The fourth-order valence-electron chi connectivity index (χ4n) is 0.440. The molecule has 8 heavy (non-hydrogen) atoms. The third kappa shape index (κ3) is 0.959. The van der Waals surface area contributed by atoms with E-state index in [0.29, 0.717) is 12.5 Å². The molecule has 4 nitrogen and oxygen atoms in total. The van der Waals surface area contributed by atoms with E-state index in [2.05, 4.69) is 15.6 Å². The Hall–Kier alpha value is -1.06. The molecule has 0 aromatic heterocycles. The Morgan fingerprint density at radius 3 is 3.00 bits per heavy atom. The minimum absolute atomic E-state index is 0.369. The van der Waals surface area contributed by atoms with E-state index in [-0.39, 0.29) is 6.03 Å². The van der Waals surface area contributed by atoms with Crippen LogP contribution in [0, 0.1) is 0 Å². The molecule has 0 bridgehead atoms. The van der Waals surface area contributed by atoms with Crippen LogP contribution in [0.4, 0.5) is 4.79 Å². The zero-order valence-electron chi connectivity index (χ0n) is 4.51. The summed E-state index contributed by atoms with van der Waals surface area (Å²) in [6.07, 6.45) is 0. The second-order valence-corrected chi connectivity index (χ2v) is 1.47. The normalized spacial score (nSPS) is 18.6. The minimum atomic E-state index is -0.388. The van der Waals surface area contributed by atoms with Gasteiger partial charge in [-0.05, 0) is 4.99 Å². The zero-order valence-corrected chi connectivity index (χ0v) is 4.51. The molecule has 42 valence electrons. The molecule has 2 radical (unpaired) electrons. The first-order valence-corrected chi connectivity index (χ1v) is 2.29. The molecule has 1 aliphatic heterocycles. The maximum absolute atomic E-state index is 10.3. The number of nitrogens with one attached hydrogen (secondary N) is 1. The van der Waals surface area contributed by atoms with Crippen molar-refractivity contribution in [3.8, 4) is 0 Å². The number of nitrogens with zero attached hydrogens (tertiary/aromatic N) is 2. The van der Waals surface area contributed by atoms with E-state index in [4.69, 9.17) is 0 Å². The lowest BCUT2D eigenvalue weighted by Crippen LogP contribution is -2.41. The molecular formula is C4H6N3O+. The summed E-state index contributed by atoms with van der Waals surface area (Å²) < 4.78 is 0. The van der Waals surface area contributed by atoms with Crippen LogP contribution in [0.3, 0.4) is 0 Å². The lowest BCUT2D eigenvalue weighted by molar-refractivity contribution is 0.243. The van der Waals surface area contributed by atoms with Crippen molar-refractivity contribution in [2.24, 2.45) is 0 Å². The number of rotatable bonds is 0. The van der Waals surface area contributed by atoms with Crippen molar-refractivity contribution in [1.29, 1.82) is 0 Å². The third-order valence-corrected chi connectivity index (χ3v) is 0.813. The minimum Gasteiger partial charge on any atom is -0.274 e. The van der Waals surface area contributed by atoms with Gasteiger partial charge in [-0.25, -0.2) is 4.79 Å². The maximum Gasteiger partial charge on any atom is 0.508 e. The summed E-state index contributed by atoms with van der Waals surface area (Å²) in [6, 6.07) is -0.388. The fourth-order valence-corrected chi connectivity index (χ4v) is 0.440. The van der Waals surface area contributed by atoms with Crippen LogP contribution >= 0.6 is 0 Å². The van der Waals surface area contributed by atoms with Gasteiger partial charge in [0.25, 0.3) is 0 Å². The lowest BCUT2D eigenvalue weighted by atomic mass is 10.6. The third-order valence-electron chi connectivity index (χ3n) is 0.813. The van der Waals surface area contributed by atoms with Gasteiger partial charge in [-0.1, -0.05) is 5.32 Å². The molecule has 1 heterocycles. The highest BCUT2D eigenvalue weighted by Gasteiger charge is 2.17. The van der Waals surface area contributed by atoms with Crippen molar-refractivity contribution in [3.05, 3.63) is 0 Å². The van der Waals surface area contributed by atoms with Crippen LogP contribution in [0.2, 0.25) is 0 Å². The molecule has 4 heteroatoms. The molecule has 0 saturated heterocycles. The molecule has 1 aliphatic rings. The van der Waals surface area contributed by atoms with Gasteiger partial charge in [0.15, 0.2) is 0 Å². The first-order chi connectivity index (χ1) is 3.79. The number of hydrogen-bond acceptors (Lipinski definition) is 2. The summed E-state index contributed by atoms with van der Waals surface area (Å²) >= 11 is 0. The van der Waals surface area contributed by atoms with E-state index in [1.54, 1.807) is 6.92 Å². The van der Waals surface area contributed by atoms with Crippen molar-refractivity contribution in [3.63, 3.8) is 0 Å². The van der Waals surface area contributed by atoms with Gasteiger partial charge in [0.2, 0.25) is 12.5 Å². The van der Waals surface area contributed by atoms with Crippen molar-refractivity contribution < 1.29 is 4.79 Å². The predicted molar refractivity (Wildman–Crippen MR) is 28.3 cm³/mol. The average molecular weight is 112 g/mol. The molecule has 0 fully saturated rings.